The van der Waals surface area contributed by atoms with Crippen molar-refractivity contribution < 1.29 is 40.2 Å². The second-order valence-corrected chi connectivity index (χ2v) is 5.48. The van der Waals surface area contributed by atoms with Crippen LogP contribution in [0.5, 0.6) is 11.5 Å². The summed E-state index contributed by atoms with van der Waals surface area (Å²) < 4.78 is 5.37. The molecule has 3 atom stereocenters. The van der Waals surface area contributed by atoms with Crippen LogP contribution >= 0.6 is 0 Å². The maximum atomic E-state index is 12.3. The molecular weight excluding hydrogens is 308 g/mol. The van der Waals surface area contributed by atoms with Crippen molar-refractivity contribution in [1.82, 2.24) is 0 Å². The molecule has 0 amide bonds. The summed E-state index contributed by atoms with van der Waals surface area (Å²) in [4.78, 5) is 12.3. The number of hydrogen-bond donors (Lipinski definition) is 6. The molecule has 1 saturated heterocycles. The minimum Gasteiger partial charge on any atom is -0.508 e. The van der Waals surface area contributed by atoms with E-state index in [-0.39, 0.29) is 28.6 Å². The summed E-state index contributed by atoms with van der Waals surface area (Å²) in [7, 11) is 0. The van der Waals surface area contributed by atoms with Crippen LogP contribution in [0, 0.1) is 5.92 Å². The van der Waals surface area contributed by atoms with Gasteiger partial charge >= 0.3 is 0 Å². The van der Waals surface area contributed by atoms with E-state index in [2.05, 4.69) is 0 Å². The summed E-state index contributed by atoms with van der Waals surface area (Å²) in [5.74, 6) is -6.71. The first-order chi connectivity index (χ1) is 10.7. The number of aromatic hydroxyl groups is 2. The molecule has 0 spiro atoms. The third-order valence-electron chi connectivity index (χ3n) is 3.77. The third kappa shape index (κ3) is 2.42. The van der Waals surface area contributed by atoms with Crippen LogP contribution in [0.25, 0.3) is 0 Å². The molecule has 122 valence electrons. The number of carbonyl (C=O) groups excluding carboxylic acids is 1. The quantitative estimate of drug-likeness (QED) is 0.387. The Morgan fingerprint density at radius 3 is 2.26 bits per heavy atom. The number of hydrogen-bond acceptors (Lipinski definition) is 8. The fraction of sp³-hybridized carbons (Fsp3) is 0.267. The maximum absolute atomic E-state index is 12.3. The van der Waals surface area contributed by atoms with E-state index in [9.17, 15) is 35.4 Å². The molecule has 0 radical (unpaired) electrons. The van der Waals surface area contributed by atoms with Gasteiger partial charge < -0.3 is 35.4 Å². The van der Waals surface area contributed by atoms with Crippen molar-refractivity contribution in [3.63, 3.8) is 0 Å². The lowest BCUT2D eigenvalue weighted by Gasteiger charge is -2.41. The largest absolute Gasteiger partial charge is 0.508 e. The van der Waals surface area contributed by atoms with Crippen LogP contribution in [0.15, 0.2) is 41.9 Å². The lowest BCUT2D eigenvalue weighted by molar-refractivity contribution is -0.245. The molecule has 1 aliphatic heterocycles. The number of ether oxygens (including phenoxy) is 1. The summed E-state index contributed by atoms with van der Waals surface area (Å²) in [5, 5.41) is 58.7. The Morgan fingerprint density at radius 2 is 1.65 bits per heavy atom. The van der Waals surface area contributed by atoms with E-state index in [1.165, 1.54) is 0 Å². The average Bonchev–Trinajstić information content (AvgIpc) is 2.41. The molecule has 0 bridgehead atoms. The second-order valence-electron chi connectivity index (χ2n) is 5.48. The van der Waals surface area contributed by atoms with Crippen molar-refractivity contribution >= 4 is 5.78 Å². The fourth-order valence-electron chi connectivity index (χ4n) is 2.76. The molecule has 8 nitrogen and oxygen atoms in total. The Hall–Kier alpha value is -2.55. The van der Waals surface area contributed by atoms with Gasteiger partial charge in [0.1, 0.15) is 28.9 Å². The van der Waals surface area contributed by atoms with Crippen LogP contribution < -0.4 is 0 Å². The van der Waals surface area contributed by atoms with E-state index in [1.807, 2.05) is 0 Å². The van der Waals surface area contributed by atoms with Crippen LogP contribution in [-0.2, 0) is 9.53 Å². The number of Topliss-reactive ketones (excluding diaryl/α,β-unsaturated/α-hetero) is 1. The molecule has 6 N–H and O–H groups in total. The Kier molecular flexibility index (Phi) is 3.33. The number of benzene rings is 1. The highest BCUT2D eigenvalue weighted by atomic mass is 16.6. The van der Waals surface area contributed by atoms with Gasteiger partial charge in [-0.1, -0.05) is 0 Å². The summed E-state index contributed by atoms with van der Waals surface area (Å²) in [6, 6.07) is 3.20. The molecule has 1 heterocycles. The van der Waals surface area contributed by atoms with E-state index >= 15 is 0 Å². The van der Waals surface area contributed by atoms with Crippen LogP contribution in [0.3, 0.4) is 0 Å². The van der Waals surface area contributed by atoms with Gasteiger partial charge in [-0.05, 0) is 18.2 Å². The van der Waals surface area contributed by atoms with Crippen molar-refractivity contribution in [2.45, 2.75) is 18.0 Å². The summed E-state index contributed by atoms with van der Waals surface area (Å²) in [6.45, 7) is 0. The molecule has 1 aromatic rings. The van der Waals surface area contributed by atoms with Gasteiger partial charge in [0.05, 0.1) is 6.10 Å². The number of carbonyl (C=O) groups is 1. The molecular formula is C15H14O8. The SMILES string of the molecule is O=C1C2C(=CC(O)=CC2O)OC(c2cc(O)cc(O)c2)C1(O)O. The molecule has 0 saturated carbocycles. The highest BCUT2D eigenvalue weighted by Crippen LogP contribution is 2.44. The minimum atomic E-state index is -3.00. The topological polar surface area (TPSA) is 148 Å². The molecule has 1 fully saturated rings. The molecule has 3 unspecified atom stereocenters. The highest BCUT2D eigenvalue weighted by Gasteiger charge is 2.56. The lowest BCUT2D eigenvalue weighted by atomic mass is 9.80. The zero-order valence-electron chi connectivity index (χ0n) is 11.6. The standard InChI is InChI=1S/C15H14O8/c16-7-1-6(2-8(17)3-7)14-15(21,22)13(20)12-10(19)4-9(18)5-11(12)23-14/h1-5,10,12,14,16-19,21-22H. The first-order valence-corrected chi connectivity index (χ1v) is 6.69. The molecule has 2 aliphatic rings. The zero-order valence-corrected chi connectivity index (χ0v) is 11.6. The Bertz CT molecular complexity index is 713. The normalized spacial score (nSPS) is 29.2. The molecule has 1 aliphatic carbocycles. The molecule has 23 heavy (non-hydrogen) atoms. The fourth-order valence-corrected chi connectivity index (χ4v) is 2.76. The molecule has 8 heteroatoms. The van der Waals surface area contributed by atoms with Gasteiger partial charge in [-0.2, -0.15) is 0 Å². The first-order valence-electron chi connectivity index (χ1n) is 6.69. The van der Waals surface area contributed by atoms with Crippen molar-refractivity contribution in [3.8, 4) is 11.5 Å². The first kappa shape index (κ1) is 15.3. The van der Waals surface area contributed by atoms with Gasteiger partial charge in [0.15, 0.2) is 6.10 Å². The lowest BCUT2D eigenvalue weighted by Crippen LogP contribution is -2.55. The van der Waals surface area contributed by atoms with E-state index in [4.69, 9.17) is 4.74 Å². The van der Waals surface area contributed by atoms with Crippen molar-refractivity contribution in [2.75, 3.05) is 0 Å². The number of aliphatic hydroxyl groups is 4. The summed E-state index contributed by atoms with van der Waals surface area (Å²) in [5.41, 5.74) is -0.0660. The molecule has 3 rings (SSSR count). The number of ketones is 1. The van der Waals surface area contributed by atoms with Gasteiger partial charge in [-0.25, -0.2) is 0 Å². The zero-order chi connectivity index (χ0) is 16.9. The van der Waals surface area contributed by atoms with E-state index in [1.54, 1.807) is 0 Å². The Labute approximate surface area is 129 Å². The number of phenolic OH excluding ortho intramolecular Hbond substituents is 2. The van der Waals surface area contributed by atoms with Gasteiger partial charge in [0.25, 0.3) is 5.79 Å². The van der Waals surface area contributed by atoms with Gasteiger partial charge in [-0.3, -0.25) is 4.79 Å². The molecule has 1 aromatic carbocycles. The number of fused-ring (bicyclic) bond motifs is 1. The van der Waals surface area contributed by atoms with Crippen molar-refractivity contribution in [2.24, 2.45) is 5.92 Å². The highest BCUT2D eigenvalue weighted by molar-refractivity contribution is 5.92. The van der Waals surface area contributed by atoms with Crippen LogP contribution in [-0.4, -0.2) is 48.3 Å². The predicted octanol–water partition coefficient (Wildman–Crippen LogP) is -0.264. The van der Waals surface area contributed by atoms with Gasteiger partial charge in [-0.15, -0.1) is 0 Å². The maximum Gasteiger partial charge on any atom is 0.267 e. The number of phenols is 2. The van der Waals surface area contributed by atoms with Crippen LogP contribution in [0.1, 0.15) is 11.7 Å². The number of allylic oxidation sites excluding steroid dienone is 1. The predicted molar refractivity (Wildman–Crippen MR) is 74.1 cm³/mol. The van der Waals surface area contributed by atoms with Crippen LogP contribution in [0.4, 0.5) is 0 Å². The van der Waals surface area contributed by atoms with E-state index in [0.717, 1.165) is 30.4 Å². The summed E-state index contributed by atoms with van der Waals surface area (Å²) in [6.07, 6.45) is -1.07. The minimum absolute atomic E-state index is 0.0660. The number of aliphatic hydroxyl groups excluding tert-OH is 2. The Balaban J connectivity index is 2.08. The van der Waals surface area contributed by atoms with E-state index in [0.29, 0.717) is 0 Å². The smallest absolute Gasteiger partial charge is 0.267 e. The molecule has 0 aromatic heterocycles. The average molecular weight is 322 g/mol. The van der Waals surface area contributed by atoms with Crippen molar-refractivity contribution in [1.29, 1.82) is 0 Å². The second kappa shape index (κ2) is 4.98. The van der Waals surface area contributed by atoms with Gasteiger partial charge in [0.2, 0.25) is 5.78 Å². The Morgan fingerprint density at radius 1 is 1.04 bits per heavy atom. The number of rotatable bonds is 1. The van der Waals surface area contributed by atoms with Crippen molar-refractivity contribution in [3.05, 3.63) is 47.4 Å². The summed E-state index contributed by atoms with van der Waals surface area (Å²) >= 11 is 0. The third-order valence-corrected chi connectivity index (χ3v) is 3.77. The van der Waals surface area contributed by atoms with Crippen LogP contribution in [0.2, 0.25) is 0 Å². The van der Waals surface area contributed by atoms with E-state index < -0.39 is 29.7 Å². The van der Waals surface area contributed by atoms with Gasteiger partial charge in [0, 0.05) is 17.7 Å². The monoisotopic (exact) mass is 322 g/mol.